The number of rotatable bonds is 5. The average Bonchev–Trinajstić information content (AvgIpc) is 2.91. The number of amides is 1. The molecule has 24 heavy (non-hydrogen) atoms. The van der Waals surface area contributed by atoms with Gasteiger partial charge in [-0.3, -0.25) is 4.79 Å². The second-order valence-electron chi connectivity index (χ2n) is 7.20. The molecule has 2 heterocycles. The number of carbonyl (C=O) groups is 1. The highest BCUT2D eigenvalue weighted by molar-refractivity contribution is 5.94. The Morgan fingerprint density at radius 2 is 1.79 bits per heavy atom. The largest absolute Gasteiger partial charge is 0.370 e. The number of benzene rings is 1. The summed E-state index contributed by atoms with van der Waals surface area (Å²) in [7, 11) is 0. The Balaban J connectivity index is 1.56. The van der Waals surface area contributed by atoms with Gasteiger partial charge in [-0.15, -0.1) is 0 Å². The van der Waals surface area contributed by atoms with Crippen molar-refractivity contribution >= 4 is 17.3 Å². The van der Waals surface area contributed by atoms with Crippen LogP contribution in [0.15, 0.2) is 24.3 Å². The maximum atomic E-state index is 12.4. The van der Waals surface area contributed by atoms with Crippen LogP contribution in [0, 0.1) is 5.92 Å². The number of hydrogen-bond acceptors (Lipinski definition) is 3. The molecule has 1 aromatic carbocycles. The van der Waals surface area contributed by atoms with E-state index in [1.807, 2.05) is 12.1 Å². The standard InChI is InChI=1S/C20H31N3O/c24-20(10-9-17-11-13-21-14-12-17)22-18-7-3-4-8-19(18)23-15-5-1-2-6-16-23/h3-4,7-8,17,21H,1-2,5-6,9-16H2,(H,22,24). The fourth-order valence-corrected chi connectivity index (χ4v) is 3.88. The first-order chi connectivity index (χ1) is 11.8. The van der Waals surface area contributed by atoms with Gasteiger partial charge in [-0.1, -0.05) is 25.0 Å². The number of carbonyl (C=O) groups excluding carboxylic acids is 1. The van der Waals surface area contributed by atoms with Crippen LogP contribution in [0.25, 0.3) is 0 Å². The smallest absolute Gasteiger partial charge is 0.224 e. The normalized spacial score (nSPS) is 19.8. The molecule has 2 N–H and O–H groups in total. The first-order valence-corrected chi connectivity index (χ1v) is 9.67. The van der Waals surface area contributed by atoms with Gasteiger partial charge in [-0.05, 0) is 63.2 Å². The lowest BCUT2D eigenvalue weighted by Gasteiger charge is -2.26. The summed E-state index contributed by atoms with van der Waals surface area (Å²) in [6.45, 7) is 4.40. The molecule has 0 unspecified atom stereocenters. The van der Waals surface area contributed by atoms with Crippen LogP contribution in [-0.2, 0) is 4.79 Å². The van der Waals surface area contributed by atoms with Gasteiger partial charge in [0.15, 0.2) is 0 Å². The van der Waals surface area contributed by atoms with Crippen molar-refractivity contribution in [3.63, 3.8) is 0 Å². The van der Waals surface area contributed by atoms with Gasteiger partial charge >= 0.3 is 0 Å². The molecule has 132 valence electrons. The Bertz CT molecular complexity index is 517. The van der Waals surface area contributed by atoms with Crippen LogP contribution in [0.3, 0.4) is 0 Å². The number of anilines is 2. The minimum Gasteiger partial charge on any atom is -0.370 e. The molecule has 4 heteroatoms. The van der Waals surface area contributed by atoms with E-state index >= 15 is 0 Å². The van der Waals surface area contributed by atoms with Gasteiger partial charge < -0.3 is 15.5 Å². The maximum Gasteiger partial charge on any atom is 0.224 e. The van der Waals surface area contributed by atoms with Crippen molar-refractivity contribution < 1.29 is 4.79 Å². The molecule has 0 atom stereocenters. The summed E-state index contributed by atoms with van der Waals surface area (Å²) in [5.41, 5.74) is 2.17. The van der Waals surface area contributed by atoms with E-state index in [-0.39, 0.29) is 5.91 Å². The fourth-order valence-electron chi connectivity index (χ4n) is 3.88. The van der Waals surface area contributed by atoms with Gasteiger partial charge in [-0.2, -0.15) is 0 Å². The minimum atomic E-state index is 0.163. The first-order valence-electron chi connectivity index (χ1n) is 9.67. The van der Waals surface area contributed by atoms with E-state index in [9.17, 15) is 4.79 Å². The van der Waals surface area contributed by atoms with Gasteiger partial charge in [0, 0.05) is 19.5 Å². The van der Waals surface area contributed by atoms with Crippen molar-refractivity contribution in [3.05, 3.63) is 24.3 Å². The van der Waals surface area contributed by atoms with Gasteiger partial charge in [0.05, 0.1) is 11.4 Å². The third kappa shape index (κ3) is 4.97. The Hall–Kier alpha value is -1.55. The molecule has 0 saturated carbocycles. The zero-order chi connectivity index (χ0) is 16.6. The van der Waals surface area contributed by atoms with Crippen LogP contribution in [-0.4, -0.2) is 32.1 Å². The second-order valence-corrected chi connectivity index (χ2v) is 7.20. The number of para-hydroxylation sites is 2. The Kier molecular flexibility index (Phi) is 6.53. The van der Waals surface area contributed by atoms with Crippen molar-refractivity contribution in [1.29, 1.82) is 0 Å². The minimum absolute atomic E-state index is 0.163. The molecule has 0 radical (unpaired) electrons. The molecule has 2 aliphatic rings. The van der Waals surface area contributed by atoms with E-state index < -0.39 is 0 Å². The van der Waals surface area contributed by atoms with Crippen LogP contribution in [0.4, 0.5) is 11.4 Å². The SMILES string of the molecule is O=C(CCC1CCNCC1)Nc1ccccc1N1CCCCCC1. The summed E-state index contributed by atoms with van der Waals surface area (Å²) in [5.74, 6) is 0.869. The Morgan fingerprint density at radius 1 is 1.08 bits per heavy atom. The van der Waals surface area contributed by atoms with Gasteiger partial charge in [0.1, 0.15) is 0 Å². The lowest BCUT2D eigenvalue weighted by atomic mass is 9.93. The maximum absolute atomic E-state index is 12.4. The van der Waals surface area contributed by atoms with Crippen molar-refractivity contribution in [1.82, 2.24) is 5.32 Å². The lowest BCUT2D eigenvalue weighted by Crippen LogP contribution is -2.28. The van der Waals surface area contributed by atoms with Crippen molar-refractivity contribution in [3.8, 4) is 0 Å². The number of hydrogen-bond donors (Lipinski definition) is 2. The summed E-state index contributed by atoms with van der Waals surface area (Å²) in [6.07, 6.45) is 9.20. The van der Waals surface area contributed by atoms with Gasteiger partial charge in [0.2, 0.25) is 5.91 Å². The summed E-state index contributed by atoms with van der Waals surface area (Å²) in [5, 5.41) is 6.56. The molecule has 2 fully saturated rings. The van der Waals surface area contributed by atoms with Crippen molar-refractivity contribution in [2.75, 3.05) is 36.4 Å². The molecular weight excluding hydrogens is 298 g/mol. The van der Waals surface area contributed by atoms with E-state index in [0.717, 1.165) is 38.3 Å². The molecule has 4 nitrogen and oxygen atoms in total. The van der Waals surface area contributed by atoms with Gasteiger partial charge in [0.25, 0.3) is 0 Å². The highest BCUT2D eigenvalue weighted by atomic mass is 16.1. The molecule has 1 aromatic rings. The van der Waals surface area contributed by atoms with Crippen LogP contribution in [0.1, 0.15) is 51.4 Å². The topological polar surface area (TPSA) is 44.4 Å². The van der Waals surface area contributed by atoms with E-state index in [4.69, 9.17) is 0 Å². The zero-order valence-corrected chi connectivity index (χ0v) is 14.7. The second kappa shape index (κ2) is 9.07. The highest BCUT2D eigenvalue weighted by Crippen LogP contribution is 2.28. The van der Waals surface area contributed by atoms with Crippen molar-refractivity contribution in [2.45, 2.75) is 51.4 Å². The first kappa shape index (κ1) is 17.3. The number of nitrogens with zero attached hydrogens (tertiary/aromatic N) is 1. The highest BCUT2D eigenvalue weighted by Gasteiger charge is 2.17. The predicted octanol–water partition coefficient (Wildman–Crippen LogP) is 3.79. The molecule has 1 amide bonds. The summed E-state index contributed by atoms with van der Waals surface area (Å²) >= 11 is 0. The molecule has 0 bridgehead atoms. The zero-order valence-electron chi connectivity index (χ0n) is 14.7. The van der Waals surface area contributed by atoms with E-state index in [1.165, 1.54) is 44.2 Å². The molecule has 0 aromatic heterocycles. The molecule has 3 rings (SSSR count). The average molecular weight is 329 g/mol. The quantitative estimate of drug-likeness (QED) is 0.864. The lowest BCUT2D eigenvalue weighted by molar-refractivity contribution is -0.116. The Labute approximate surface area is 146 Å². The van der Waals surface area contributed by atoms with Gasteiger partial charge in [-0.25, -0.2) is 0 Å². The van der Waals surface area contributed by atoms with E-state index in [1.54, 1.807) is 0 Å². The third-order valence-corrected chi connectivity index (χ3v) is 5.36. The molecule has 0 spiro atoms. The molecule has 2 aliphatic heterocycles. The van der Waals surface area contributed by atoms with Crippen LogP contribution >= 0.6 is 0 Å². The van der Waals surface area contributed by atoms with Crippen molar-refractivity contribution in [2.24, 2.45) is 5.92 Å². The summed E-state index contributed by atoms with van der Waals surface area (Å²) < 4.78 is 0. The number of nitrogens with one attached hydrogen (secondary N) is 2. The molecule has 2 saturated heterocycles. The number of piperidine rings is 1. The Morgan fingerprint density at radius 3 is 2.54 bits per heavy atom. The third-order valence-electron chi connectivity index (χ3n) is 5.36. The van der Waals surface area contributed by atoms with Crippen LogP contribution in [0.5, 0.6) is 0 Å². The molecular formula is C20H31N3O. The summed E-state index contributed by atoms with van der Waals surface area (Å²) in [4.78, 5) is 14.9. The predicted molar refractivity (Wildman–Crippen MR) is 101 cm³/mol. The summed E-state index contributed by atoms with van der Waals surface area (Å²) in [6, 6.07) is 8.28. The van der Waals surface area contributed by atoms with E-state index in [2.05, 4.69) is 27.7 Å². The monoisotopic (exact) mass is 329 g/mol. The fraction of sp³-hybridized carbons (Fsp3) is 0.650. The molecule has 0 aliphatic carbocycles. The van der Waals surface area contributed by atoms with Crippen LogP contribution < -0.4 is 15.5 Å². The van der Waals surface area contributed by atoms with Crippen LogP contribution in [0.2, 0.25) is 0 Å². The van der Waals surface area contributed by atoms with E-state index in [0.29, 0.717) is 12.3 Å².